The van der Waals surface area contributed by atoms with Crippen molar-refractivity contribution in [3.63, 3.8) is 0 Å². The van der Waals surface area contributed by atoms with Gasteiger partial charge in [-0.3, -0.25) is 4.79 Å². The van der Waals surface area contributed by atoms with Gasteiger partial charge in [0.1, 0.15) is 11.6 Å². The molecule has 0 spiro atoms. The van der Waals surface area contributed by atoms with Gasteiger partial charge >= 0.3 is 0 Å². The summed E-state index contributed by atoms with van der Waals surface area (Å²) in [6.07, 6.45) is 7.61. The highest BCUT2D eigenvalue weighted by Crippen LogP contribution is 2.43. The third kappa shape index (κ3) is 2.50. The molecule has 2 aliphatic rings. The molecule has 3 heteroatoms. The lowest BCUT2D eigenvalue weighted by Crippen LogP contribution is -2.31. The van der Waals surface area contributed by atoms with Crippen LogP contribution in [0.4, 0.5) is 8.78 Å². The van der Waals surface area contributed by atoms with Crippen LogP contribution in [0.25, 0.3) is 0 Å². The number of fused-ring (bicyclic) bond motifs is 1. The fourth-order valence-corrected chi connectivity index (χ4v) is 4.05. The lowest BCUT2D eigenvalue weighted by Gasteiger charge is -2.38. The van der Waals surface area contributed by atoms with E-state index in [-0.39, 0.29) is 17.3 Å². The summed E-state index contributed by atoms with van der Waals surface area (Å²) >= 11 is 0. The molecule has 0 N–H and O–H groups in total. The number of hydrogen-bond donors (Lipinski definition) is 0. The Bertz CT molecular complexity index is 491. The topological polar surface area (TPSA) is 17.1 Å². The molecule has 0 radical (unpaired) electrons. The first-order valence-corrected chi connectivity index (χ1v) is 7.65. The minimum atomic E-state index is -0.722. The van der Waals surface area contributed by atoms with E-state index < -0.39 is 11.6 Å². The van der Waals surface area contributed by atoms with Crippen LogP contribution in [0.5, 0.6) is 0 Å². The molecule has 0 heterocycles. The monoisotopic (exact) mass is 278 g/mol. The zero-order chi connectivity index (χ0) is 14.1. The fourth-order valence-electron chi connectivity index (χ4n) is 4.05. The first-order chi connectivity index (χ1) is 9.66. The van der Waals surface area contributed by atoms with Crippen molar-refractivity contribution >= 4 is 5.78 Å². The average Bonchev–Trinajstić information content (AvgIpc) is 2.46. The highest BCUT2D eigenvalue weighted by molar-refractivity contribution is 5.98. The van der Waals surface area contributed by atoms with E-state index in [2.05, 4.69) is 0 Å². The lowest BCUT2D eigenvalue weighted by atomic mass is 9.66. The number of rotatable bonds is 2. The second-order valence-electron chi connectivity index (χ2n) is 6.28. The van der Waals surface area contributed by atoms with Gasteiger partial charge in [-0.1, -0.05) is 31.7 Å². The molecule has 1 aromatic carbocycles. The molecule has 3 atom stereocenters. The lowest BCUT2D eigenvalue weighted by molar-refractivity contribution is 0.0755. The van der Waals surface area contributed by atoms with Crippen molar-refractivity contribution < 1.29 is 13.6 Å². The van der Waals surface area contributed by atoms with Gasteiger partial charge in [0.15, 0.2) is 5.78 Å². The molecule has 1 nitrogen and oxygen atoms in total. The normalized spacial score (nSPS) is 29.8. The number of Topliss-reactive ketones (excluding diaryl/α,β-unsaturated/α-hetero) is 1. The van der Waals surface area contributed by atoms with Crippen LogP contribution >= 0.6 is 0 Å². The van der Waals surface area contributed by atoms with Gasteiger partial charge < -0.3 is 0 Å². The Labute approximate surface area is 118 Å². The Morgan fingerprint density at radius 1 is 0.950 bits per heavy atom. The van der Waals surface area contributed by atoms with Crippen molar-refractivity contribution in [3.05, 3.63) is 35.4 Å². The van der Waals surface area contributed by atoms with Crippen LogP contribution in [0.1, 0.15) is 55.3 Å². The van der Waals surface area contributed by atoms with Crippen molar-refractivity contribution in [2.24, 2.45) is 17.8 Å². The maximum atomic E-state index is 13.7. The second kappa shape index (κ2) is 5.63. The number of hydrogen-bond acceptors (Lipinski definition) is 1. The second-order valence-corrected chi connectivity index (χ2v) is 6.28. The first kappa shape index (κ1) is 13.7. The van der Waals surface area contributed by atoms with E-state index in [1.165, 1.54) is 43.9 Å². The molecular formula is C17H20F2O. The van der Waals surface area contributed by atoms with E-state index >= 15 is 0 Å². The van der Waals surface area contributed by atoms with Crippen LogP contribution in [0.3, 0.4) is 0 Å². The van der Waals surface area contributed by atoms with E-state index in [1.807, 2.05) is 0 Å². The van der Waals surface area contributed by atoms with Crippen molar-refractivity contribution in [2.75, 3.05) is 0 Å². The molecule has 2 saturated carbocycles. The molecule has 20 heavy (non-hydrogen) atoms. The third-order valence-electron chi connectivity index (χ3n) is 5.12. The quantitative estimate of drug-likeness (QED) is 0.713. The predicted molar refractivity (Wildman–Crippen MR) is 73.5 cm³/mol. The molecular weight excluding hydrogens is 258 g/mol. The fraction of sp³-hybridized carbons (Fsp3) is 0.588. The summed E-state index contributed by atoms with van der Waals surface area (Å²) in [7, 11) is 0. The van der Waals surface area contributed by atoms with Gasteiger partial charge in [0.05, 0.1) is 5.56 Å². The van der Waals surface area contributed by atoms with Crippen LogP contribution in [-0.2, 0) is 0 Å². The highest BCUT2D eigenvalue weighted by atomic mass is 19.1. The van der Waals surface area contributed by atoms with Gasteiger partial charge in [-0.15, -0.1) is 0 Å². The largest absolute Gasteiger partial charge is 0.294 e. The zero-order valence-corrected chi connectivity index (χ0v) is 11.6. The number of ketones is 1. The summed E-state index contributed by atoms with van der Waals surface area (Å²) in [5.74, 6) is -0.647. The molecule has 0 amide bonds. The molecule has 0 aliphatic heterocycles. The Morgan fingerprint density at radius 3 is 2.30 bits per heavy atom. The average molecular weight is 278 g/mol. The number of carbonyl (C=O) groups is 1. The maximum Gasteiger partial charge on any atom is 0.171 e. The number of carbonyl (C=O) groups excluding carboxylic acids is 1. The Morgan fingerprint density at radius 2 is 1.60 bits per heavy atom. The van der Waals surface area contributed by atoms with Gasteiger partial charge in [0.2, 0.25) is 0 Å². The summed E-state index contributed by atoms with van der Waals surface area (Å²) in [6, 6.07) is 3.64. The van der Waals surface area contributed by atoms with E-state index in [0.29, 0.717) is 5.92 Å². The maximum absolute atomic E-state index is 13.7. The molecule has 0 aromatic heterocycles. The van der Waals surface area contributed by atoms with Crippen molar-refractivity contribution in [1.29, 1.82) is 0 Å². The summed E-state index contributed by atoms with van der Waals surface area (Å²) in [4.78, 5) is 12.4. The number of benzene rings is 1. The van der Waals surface area contributed by atoms with Gasteiger partial charge in [0, 0.05) is 5.92 Å². The minimum absolute atomic E-state index is 0.194. The first-order valence-electron chi connectivity index (χ1n) is 7.65. The van der Waals surface area contributed by atoms with Crippen LogP contribution in [0, 0.1) is 29.4 Å². The molecule has 108 valence electrons. The minimum Gasteiger partial charge on any atom is -0.294 e. The molecule has 0 saturated heterocycles. The van der Waals surface area contributed by atoms with E-state index in [0.717, 1.165) is 25.2 Å². The van der Waals surface area contributed by atoms with Crippen LogP contribution in [0.15, 0.2) is 18.2 Å². The van der Waals surface area contributed by atoms with Gasteiger partial charge in [-0.25, -0.2) is 8.78 Å². The van der Waals surface area contributed by atoms with Gasteiger partial charge in [0.25, 0.3) is 0 Å². The third-order valence-corrected chi connectivity index (χ3v) is 5.12. The van der Waals surface area contributed by atoms with Crippen LogP contribution in [-0.4, -0.2) is 5.78 Å². The predicted octanol–water partition coefficient (Wildman–Crippen LogP) is 4.75. The van der Waals surface area contributed by atoms with Crippen molar-refractivity contribution in [1.82, 2.24) is 0 Å². The molecule has 2 fully saturated rings. The molecule has 0 bridgehead atoms. The Kier molecular flexibility index (Phi) is 3.86. The summed E-state index contributed by atoms with van der Waals surface area (Å²) < 4.78 is 27.5. The zero-order valence-electron chi connectivity index (χ0n) is 11.6. The van der Waals surface area contributed by atoms with Gasteiger partial charge in [-0.2, -0.15) is 0 Å². The van der Waals surface area contributed by atoms with E-state index in [1.54, 1.807) is 0 Å². The van der Waals surface area contributed by atoms with Crippen molar-refractivity contribution in [3.8, 4) is 0 Å². The Balaban J connectivity index is 1.78. The Hall–Kier alpha value is -1.25. The smallest absolute Gasteiger partial charge is 0.171 e. The summed E-state index contributed by atoms with van der Waals surface area (Å²) in [5.41, 5.74) is -0.327. The van der Waals surface area contributed by atoms with Crippen LogP contribution < -0.4 is 0 Å². The molecule has 3 unspecified atom stereocenters. The summed E-state index contributed by atoms with van der Waals surface area (Å²) in [6.45, 7) is 0. The number of halogens is 2. The molecule has 1 aromatic rings. The molecule has 3 rings (SSSR count). The van der Waals surface area contributed by atoms with Crippen LogP contribution in [0.2, 0.25) is 0 Å². The standard InChI is InChI=1S/C17H20F2O/c18-14-6-3-7-15(19)16(14)17(20)13-9-8-11-4-1-2-5-12(11)10-13/h3,6-7,11-13H,1-2,4-5,8-10H2. The van der Waals surface area contributed by atoms with Crippen molar-refractivity contribution in [2.45, 2.75) is 44.9 Å². The molecule has 2 aliphatic carbocycles. The summed E-state index contributed by atoms with van der Waals surface area (Å²) in [5, 5.41) is 0. The van der Waals surface area contributed by atoms with E-state index in [4.69, 9.17) is 0 Å². The van der Waals surface area contributed by atoms with Gasteiger partial charge in [-0.05, 0) is 43.2 Å². The highest BCUT2D eigenvalue weighted by Gasteiger charge is 2.36. The van der Waals surface area contributed by atoms with E-state index in [9.17, 15) is 13.6 Å². The SMILES string of the molecule is O=C(c1c(F)cccc1F)C1CCC2CCCCC2C1.